The predicted molar refractivity (Wildman–Crippen MR) is 146 cm³/mol. The highest BCUT2D eigenvalue weighted by Crippen LogP contribution is 2.34. The third-order valence-electron chi connectivity index (χ3n) is 6.45. The second kappa shape index (κ2) is 8.79. The Morgan fingerprint density at radius 1 is 1.03 bits per heavy atom. The largest absolute Gasteiger partial charge is 0.506 e. The fourth-order valence-corrected chi connectivity index (χ4v) is 5.70. The van der Waals surface area contributed by atoms with Crippen LogP contribution in [-0.2, 0) is 6.54 Å². The minimum atomic E-state index is -0.110. The molecule has 1 N–H and O–H groups in total. The number of hydrogen-bond acceptors (Lipinski definition) is 7. The molecular weight excluding hydrogens is 508 g/mol. The fraction of sp³-hybridized carbons (Fsp3) is 0.148. The minimum Gasteiger partial charge on any atom is -0.506 e. The average molecular weight is 529 g/mol. The number of rotatable bonds is 4. The summed E-state index contributed by atoms with van der Waals surface area (Å²) in [6, 6.07) is 12.7. The molecule has 184 valence electrons. The Morgan fingerprint density at radius 3 is 2.62 bits per heavy atom. The van der Waals surface area contributed by atoms with Crippen LogP contribution in [-0.4, -0.2) is 34.4 Å². The molecule has 0 bridgehead atoms. The van der Waals surface area contributed by atoms with Crippen LogP contribution in [0.5, 0.6) is 5.75 Å². The summed E-state index contributed by atoms with van der Waals surface area (Å²) in [4.78, 5) is 28.3. The smallest absolute Gasteiger partial charge is 0.267 e. The molecule has 0 radical (unpaired) electrons. The maximum atomic E-state index is 13.8. The number of para-hydroxylation sites is 1. The van der Waals surface area contributed by atoms with E-state index in [1.807, 2.05) is 50.4 Å². The molecule has 0 aliphatic carbocycles. The Morgan fingerprint density at radius 2 is 1.84 bits per heavy atom. The lowest BCUT2D eigenvalue weighted by Crippen LogP contribution is -2.26. The van der Waals surface area contributed by atoms with Crippen LogP contribution in [0.2, 0.25) is 5.02 Å². The van der Waals surface area contributed by atoms with E-state index < -0.39 is 0 Å². The van der Waals surface area contributed by atoms with Crippen molar-refractivity contribution < 1.29 is 5.11 Å². The summed E-state index contributed by atoms with van der Waals surface area (Å²) in [6.45, 7) is 6.00. The van der Waals surface area contributed by atoms with Gasteiger partial charge in [-0.1, -0.05) is 29.8 Å². The van der Waals surface area contributed by atoms with Crippen molar-refractivity contribution in [1.82, 2.24) is 29.3 Å². The summed E-state index contributed by atoms with van der Waals surface area (Å²) in [7, 11) is 0. The van der Waals surface area contributed by atoms with Crippen LogP contribution in [0.25, 0.3) is 38.2 Å². The van der Waals surface area contributed by atoms with E-state index in [4.69, 9.17) is 21.7 Å². The first kappa shape index (κ1) is 23.3. The Labute approximate surface area is 220 Å². The van der Waals surface area contributed by atoms with Crippen LogP contribution in [0.3, 0.4) is 0 Å². The maximum Gasteiger partial charge on any atom is 0.267 e. The molecule has 6 aromatic rings. The molecule has 0 saturated heterocycles. The number of aromatic hydroxyl groups is 1. The fourth-order valence-electron chi connectivity index (χ4n) is 4.59. The lowest BCUT2D eigenvalue weighted by atomic mass is 10.1. The lowest BCUT2D eigenvalue weighted by molar-refractivity contribution is 0.475. The van der Waals surface area contributed by atoms with E-state index in [0.29, 0.717) is 27.4 Å². The van der Waals surface area contributed by atoms with Gasteiger partial charge in [-0.3, -0.25) is 9.36 Å². The zero-order valence-electron chi connectivity index (χ0n) is 20.2. The summed E-state index contributed by atoms with van der Waals surface area (Å²) in [6.07, 6.45) is 1.50. The van der Waals surface area contributed by atoms with Gasteiger partial charge in [-0.15, -0.1) is 11.3 Å². The lowest BCUT2D eigenvalue weighted by Gasteiger charge is -2.15. The molecule has 0 unspecified atom stereocenters. The number of fused-ring (bicyclic) bond motifs is 2. The van der Waals surface area contributed by atoms with Gasteiger partial charge in [-0.2, -0.15) is 5.10 Å². The summed E-state index contributed by atoms with van der Waals surface area (Å²) >= 11 is 7.66. The molecule has 0 saturated carbocycles. The Balaban J connectivity index is 1.61. The van der Waals surface area contributed by atoms with Crippen molar-refractivity contribution in [2.45, 2.75) is 27.3 Å². The highest BCUT2D eigenvalue weighted by Gasteiger charge is 2.21. The molecule has 0 aliphatic rings. The van der Waals surface area contributed by atoms with Crippen molar-refractivity contribution in [2.24, 2.45) is 0 Å². The van der Waals surface area contributed by atoms with Crippen molar-refractivity contribution in [3.63, 3.8) is 0 Å². The molecule has 0 spiro atoms. The highest BCUT2D eigenvalue weighted by molar-refractivity contribution is 7.16. The number of benzene rings is 2. The molecule has 37 heavy (non-hydrogen) atoms. The standard InChI is InChI=1S/C27H21ClN6O2S/c1-14-6-4-5-7-19(14)34-21(31-26-22(27(34)36)15(2)12-37-26)11-33-25-23(16(3)29-13-30-25)24(32-33)17-8-9-20(35)18(28)10-17/h4-10,12-13,35H,11H2,1-3H3. The quantitative estimate of drug-likeness (QED) is 0.320. The minimum absolute atomic E-state index is 0.00637. The predicted octanol–water partition coefficient (Wildman–Crippen LogP) is 5.59. The van der Waals surface area contributed by atoms with Crippen LogP contribution in [0.4, 0.5) is 0 Å². The van der Waals surface area contributed by atoms with Gasteiger partial charge >= 0.3 is 0 Å². The van der Waals surface area contributed by atoms with Crippen molar-refractivity contribution in [3.8, 4) is 22.7 Å². The first-order valence-electron chi connectivity index (χ1n) is 11.6. The van der Waals surface area contributed by atoms with E-state index in [9.17, 15) is 9.90 Å². The monoisotopic (exact) mass is 528 g/mol. The number of phenolic OH excluding ortho intramolecular Hbond substituents is 1. The number of nitrogens with zero attached hydrogens (tertiary/aromatic N) is 6. The molecule has 2 aromatic carbocycles. The van der Waals surface area contributed by atoms with Gasteiger partial charge in [0, 0.05) is 5.56 Å². The van der Waals surface area contributed by atoms with E-state index in [1.54, 1.807) is 21.4 Å². The van der Waals surface area contributed by atoms with Crippen molar-refractivity contribution in [2.75, 3.05) is 0 Å². The second-order valence-corrected chi connectivity index (χ2v) is 10.1. The zero-order valence-corrected chi connectivity index (χ0v) is 21.8. The molecule has 4 aromatic heterocycles. The topological polar surface area (TPSA) is 98.7 Å². The van der Waals surface area contributed by atoms with Crippen molar-refractivity contribution in [1.29, 1.82) is 0 Å². The number of thiophene rings is 1. The van der Waals surface area contributed by atoms with Crippen LogP contribution >= 0.6 is 22.9 Å². The molecular formula is C27H21ClN6O2S. The number of aromatic nitrogens is 6. The first-order valence-corrected chi connectivity index (χ1v) is 12.8. The van der Waals surface area contributed by atoms with E-state index in [0.717, 1.165) is 33.5 Å². The van der Waals surface area contributed by atoms with Gasteiger partial charge in [0.15, 0.2) is 5.65 Å². The van der Waals surface area contributed by atoms with Gasteiger partial charge in [0.2, 0.25) is 0 Å². The summed E-state index contributed by atoms with van der Waals surface area (Å²) in [5.74, 6) is 0.540. The Kier molecular flexibility index (Phi) is 5.54. The third kappa shape index (κ3) is 3.78. The van der Waals surface area contributed by atoms with E-state index in [-0.39, 0.29) is 22.9 Å². The number of aryl methyl sites for hydroxylation is 3. The van der Waals surface area contributed by atoms with Crippen LogP contribution < -0.4 is 5.56 Å². The molecule has 0 aliphatic heterocycles. The Bertz CT molecular complexity index is 1910. The molecule has 0 atom stereocenters. The van der Waals surface area contributed by atoms with Crippen LogP contribution in [0.15, 0.2) is 59.0 Å². The summed E-state index contributed by atoms with van der Waals surface area (Å²) in [5.41, 5.74) is 5.25. The van der Waals surface area contributed by atoms with Gasteiger partial charge in [-0.25, -0.2) is 19.6 Å². The van der Waals surface area contributed by atoms with Gasteiger partial charge in [0.1, 0.15) is 35.0 Å². The Hall–Kier alpha value is -4.08. The van der Waals surface area contributed by atoms with E-state index in [2.05, 4.69) is 9.97 Å². The molecule has 10 heteroatoms. The van der Waals surface area contributed by atoms with Crippen LogP contribution in [0.1, 0.15) is 22.6 Å². The third-order valence-corrected chi connectivity index (χ3v) is 7.74. The molecule has 0 amide bonds. The van der Waals surface area contributed by atoms with E-state index >= 15 is 0 Å². The summed E-state index contributed by atoms with van der Waals surface area (Å²) < 4.78 is 3.42. The van der Waals surface area contributed by atoms with Crippen LogP contribution in [0, 0.1) is 20.8 Å². The molecule has 4 heterocycles. The van der Waals surface area contributed by atoms with Gasteiger partial charge in [0.05, 0.1) is 27.2 Å². The SMILES string of the molecule is Cc1ccccc1-n1c(Cn2nc(-c3ccc(O)c(Cl)c3)c3c(C)ncnc32)nc2scc(C)c2c1=O. The number of hydrogen-bond donors (Lipinski definition) is 1. The number of phenols is 1. The maximum absolute atomic E-state index is 13.8. The molecule has 0 fully saturated rings. The first-order chi connectivity index (χ1) is 17.8. The molecule has 6 rings (SSSR count). The second-order valence-electron chi connectivity index (χ2n) is 8.88. The molecule has 8 nitrogen and oxygen atoms in total. The average Bonchev–Trinajstić information content (AvgIpc) is 3.43. The zero-order chi connectivity index (χ0) is 25.8. The summed E-state index contributed by atoms with van der Waals surface area (Å²) in [5, 5.41) is 18.4. The van der Waals surface area contributed by atoms with Crippen molar-refractivity contribution >= 4 is 44.2 Å². The number of halogens is 1. The van der Waals surface area contributed by atoms with E-state index in [1.165, 1.54) is 23.7 Å². The highest BCUT2D eigenvalue weighted by atomic mass is 35.5. The van der Waals surface area contributed by atoms with Gasteiger partial charge < -0.3 is 5.11 Å². The van der Waals surface area contributed by atoms with Crippen molar-refractivity contribution in [3.05, 3.63) is 92.2 Å². The van der Waals surface area contributed by atoms with Gasteiger partial charge in [0.25, 0.3) is 5.56 Å². The van der Waals surface area contributed by atoms with Gasteiger partial charge in [-0.05, 0) is 61.5 Å². The normalized spacial score (nSPS) is 11.6.